The number of aliphatic carboxylic acids is 1. The van der Waals surface area contributed by atoms with Crippen molar-refractivity contribution in [2.75, 3.05) is 6.54 Å². The van der Waals surface area contributed by atoms with E-state index in [9.17, 15) is 9.59 Å². The Kier molecular flexibility index (Phi) is 5.80. The molecule has 106 valence electrons. The van der Waals surface area contributed by atoms with Gasteiger partial charge in [-0.1, -0.05) is 27.7 Å². The second-order valence-corrected chi connectivity index (χ2v) is 6.15. The first-order valence-electron chi connectivity index (χ1n) is 6.28. The number of carbonyl (C=O) groups excluding carboxylic acids is 1. The number of carboxylic acids is 1. The van der Waals surface area contributed by atoms with E-state index in [1.165, 1.54) is 0 Å². The van der Waals surface area contributed by atoms with Crippen LogP contribution in [0.3, 0.4) is 0 Å². The zero-order valence-corrected chi connectivity index (χ0v) is 12.3. The maximum absolute atomic E-state index is 12.1. The first kappa shape index (κ1) is 16.9. The highest BCUT2D eigenvalue weighted by Gasteiger charge is 2.33. The predicted molar refractivity (Wildman–Crippen MR) is 71.4 cm³/mol. The van der Waals surface area contributed by atoms with E-state index in [1.54, 1.807) is 13.8 Å². The minimum atomic E-state index is -0.906. The van der Waals surface area contributed by atoms with Gasteiger partial charge >= 0.3 is 5.97 Å². The summed E-state index contributed by atoms with van der Waals surface area (Å²) in [7, 11) is 0. The van der Waals surface area contributed by atoms with Crippen LogP contribution >= 0.6 is 0 Å². The van der Waals surface area contributed by atoms with Gasteiger partial charge in [-0.05, 0) is 25.8 Å². The molecule has 0 aliphatic heterocycles. The van der Waals surface area contributed by atoms with Crippen molar-refractivity contribution in [2.24, 2.45) is 5.41 Å². The van der Waals surface area contributed by atoms with E-state index in [0.717, 1.165) is 0 Å². The summed E-state index contributed by atoms with van der Waals surface area (Å²) in [5.41, 5.74) is -0.993. The van der Waals surface area contributed by atoms with E-state index < -0.39 is 11.5 Å². The summed E-state index contributed by atoms with van der Waals surface area (Å²) < 4.78 is 0. The predicted octanol–water partition coefficient (Wildman–Crippen LogP) is 1.38. The monoisotopic (exact) mass is 258 g/mol. The number of hydrogen-bond acceptors (Lipinski definition) is 3. The number of rotatable bonds is 6. The molecule has 0 aromatic rings. The molecule has 1 amide bonds. The largest absolute Gasteiger partial charge is 0.481 e. The molecular weight excluding hydrogens is 232 g/mol. The summed E-state index contributed by atoms with van der Waals surface area (Å²) in [4.78, 5) is 23.0. The topological polar surface area (TPSA) is 78.4 Å². The highest BCUT2D eigenvalue weighted by molar-refractivity contribution is 5.86. The molecule has 0 spiro atoms. The van der Waals surface area contributed by atoms with Crippen LogP contribution in [0.1, 0.15) is 48.0 Å². The lowest BCUT2D eigenvalue weighted by Crippen LogP contribution is -2.57. The second-order valence-electron chi connectivity index (χ2n) is 6.15. The molecule has 0 saturated carbocycles. The Balaban J connectivity index is 4.79. The Labute approximate surface area is 109 Å². The lowest BCUT2D eigenvalue weighted by atomic mass is 9.84. The Morgan fingerprint density at radius 2 is 1.67 bits per heavy atom. The number of carbonyl (C=O) groups is 2. The van der Waals surface area contributed by atoms with Crippen LogP contribution < -0.4 is 10.6 Å². The average molecular weight is 258 g/mol. The molecule has 0 rings (SSSR count). The van der Waals surface area contributed by atoms with Gasteiger partial charge in [-0.15, -0.1) is 0 Å². The standard InChI is InChI=1S/C13H26N2O3/c1-7-14-13(5,6)11(18)15-9(8-10(16)17)12(2,3)4/h9,14H,7-8H2,1-6H3,(H,15,18)(H,16,17). The average Bonchev–Trinajstić information content (AvgIpc) is 2.14. The summed E-state index contributed by atoms with van der Waals surface area (Å²) in [5.74, 6) is -1.08. The molecule has 0 aromatic carbocycles. The highest BCUT2D eigenvalue weighted by Crippen LogP contribution is 2.22. The molecule has 0 fully saturated rings. The molecule has 18 heavy (non-hydrogen) atoms. The third kappa shape index (κ3) is 5.49. The number of nitrogens with one attached hydrogen (secondary N) is 2. The summed E-state index contributed by atoms with van der Waals surface area (Å²) >= 11 is 0. The van der Waals surface area contributed by atoms with E-state index in [1.807, 2.05) is 27.7 Å². The Bertz CT molecular complexity index is 306. The number of amides is 1. The van der Waals surface area contributed by atoms with Crippen LogP contribution in [0.5, 0.6) is 0 Å². The fourth-order valence-corrected chi connectivity index (χ4v) is 1.61. The van der Waals surface area contributed by atoms with Gasteiger partial charge in [0.2, 0.25) is 5.91 Å². The van der Waals surface area contributed by atoms with Crippen molar-refractivity contribution in [2.45, 2.75) is 59.5 Å². The first-order chi connectivity index (χ1) is 8.00. The van der Waals surface area contributed by atoms with Crippen molar-refractivity contribution in [3.8, 4) is 0 Å². The maximum atomic E-state index is 12.1. The third-order valence-corrected chi connectivity index (χ3v) is 2.92. The molecular formula is C13H26N2O3. The number of likely N-dealkylation sites (N-methyl/N-ethyl adjacent to an activating group) is 1. The van der Waals surface area contributed by atoms with Gasteiger partial charge in [0.1, 0.15) is 0 Å². The SMILES string of the molecule is CCNC(C)(C)C(=O)NC(CC(=O)O)C(C)(C)C. The fraction of sp³-hybridized carbons (Fsp3) is 0.846. The summed E-state index contributed by atoms with van der Waals surface area (Å²) in [6, 6.07) is -0.388. The molecule has 0 aliphatic carbocycles. The molecule has 0 heterocycles. The summed E-state index contributed by atoms with van der Waals surface area (Å²) in [5, 5.41) is 14.8. The number of carboxylic acid groups (broad SMARTS) is 1. The van der Waals surface area contributed by atoms with Gasteiger partial charge < -0.3 is 15.7 Å². The van der Waals surface area contributed by atoms with Crippen LogP contribution in [0.15, 0.2) is 0 Å². The molecule has 3 N–H and O–H groups in total. The van der Waals surface area contributed by atoms with Gasteiger partial charge in [-0.25, -0.2) is 0 Å². The Hall–Kier alpha value is -1.10. The van der Waals surface area contributed by atoms with Crippen LogP contribution in [-0.2, 0) is 9.59 Å². The third-order valence-electron chi connectivity index (χ3n) is 2.92. The van der Waals surface area contributed by atoms with Crippen molar-refractivity contribution in [3.63, 3.8) is 0 Å². The maximum Gasteiger partial charge on any atom is 0.305 e. The first-order valence-corrected chi connectivity index (χ1v) is 6.28. The van der Waals surface area contributed by atoms with Gasteiger partial charge in [0.05, 0.1) is 12.0 Å². The second kappa shape index (κ2) is 6.18. The van der Waals surface area contributed by atoms with Gasteiger partial charge in [0.25, 0.3) is 0 Å². The van der Waals surface area contributed by atoms with Gasteiger partial charge in [-0.2, -0.15) is 0 Å². The van der Waals surface area contributed by atoms with Crippen molar-refractivity contribution in [3.05, 3.63) is 0 Å². The molecule has 0 aromatic heterocycles. The highest BCUT2D eigenvalue weighted by atomic mass is 16.4. The van der Waals surface area contributed by atoms with Crippen LogP contribution in [0, 0.1) is 5.41 Å². The summed E-state index contributed by atoms with van der Waals surface area (Å²) in [6.07, 6.45) is -0.0720. The van der Waals surface area contributed by atoms with Crippen molar-refractivity contribution in [1.82, 2.24) is 10.6 Å². The smallest absolute Gasteiger partial charge is 0.305 e. The summed E-state index contributed by atoms with van der Waals surface area (Å²) in [6.45, 7) is 11.9. The molecule has 5 heteroatoms. The van der Waals surface area contributed by atoms with E-state index in [-0.39, 0.29) is 23.8 Å². The molecule has 0 aliphatic rings. The van der Waals surface area contributed by atoms with Gasteiger partial charge in [0, 0.05) is 6.04 Å². The fourth-order valence-electron chi connectivity index (χ4n) is 1.61. The normalized spacial score (nSPS) is 14.1. The zero-order valence-electron chi connectivity index (χ0n) is 12.3. The van der Waals surface area contributed by atoms with E-state index >= 15 is 0 Å². The molecule has 0 bridgehead atoms. The van der Waals surface area contributed by atoms with Gasteiger partial charge in [0.15, 0.2) is 0 Å². The molecule has 5 nitrogen and oxygen atoms in total. The van der Waals surface area contributed by atoms with Crippen LogP contribution in [0.2, 0.25) is 0 Å². The van der Waals surface area contributed by atoms with E-state index in [4.69, 9.17) is 5.11 Å². The number of hydrogen-bond donors (Lipinski definition) is 3. The van der Waals surface area contributed by atoms with Gasteiger partial charge in [-0.3, -0.25) is 9.59 Å². The lowest BCUT2D eigenvalue weighted by Gasteiger charge is -2.34. The molecule has 0 saturated heterocycles. The molecule has 1 unspecified atom stereocenters. The van der Waals surface area contributed by atoms with Crippen molar-refractivity contribution < 1.29 is 14.7 Å². The minimum Gasteiger partial charge on any atom is -0.481 e. The molecule has 1 atom stereocenters. The van der Waals surface area contributed by atoms with Crippen molar-refractivity contribution in [1.29, 1.82) is 0 Å². The zero-order chi connectivity index (χ0) is 14.6. The van der Waals surface area contributed by atoms with E-state index in [2.05, 4.69) is 10.6 Å². The van der Waals surface area contributed by atoms with Crippen LogP contribution in [0.4, 0.5) is 0 Å². The van der Waals surface area contributed by atoms with Crippen molar-refractivity contribution >= 4 is 11.9 Å². The Morgan fingerprint density at radius 1 is 1.17 bits per heavy atom. The lowest BCUT2D eigenvalue weighted by molar-refractivity contribution is -0.139. The Morgan fingerprint density at radius 3 is 2.00 bits per heavy atom. The quantitative estimate of drug-likeness (QED) is 0.672. The van der Waals surface area contributed by atoms with Crippen LogP contribution in [0.25, 0.3) is 0 Å². The molecule has 0 radical (unpaired) electrons. The van der Waals surface area contributed by atoms with E-state index in [0.29, 0.717) is 6.54 Å². The minimum absolute atomic E-state index is 0.0720. The van der Waals surface area contributed by atoms with Crippen LogP contribution in [-0.4, -0.2) is 35.1 Å².